The van der Waals surface area contributed by atoms with Gasteiger partial charge in [0.25, 0.3) is 5.69 Å². The Labute approximate surface area is 228 Å². The number of hydrogen-bond acceptors (Lipinski definition) is 8. The summed E-state index contributed by atoms with van der Waals surface area (Å²) in [7, 11) is 0. The number of nitrogens with one attached hydrogen (secondary N) is 3. The lowest BCUT2D eigenvalue weighted by Crippen LogP contribution is -2.34. The Balaban J connectivity index is 0.000000507. The predicted octanol–water partition coefficient (Wildman–Crippen LogP) is 1.66. The molecule has 11 N–H and O–H groups in total. The number of carboxylic acid groups (broad SMARTS) is 2. The van der Waals surface area contributed by atoms with Crippen LogP contribution in [0.3, 0.4) is 0 Å². The van der Waals surface area contributed by atoms with Crippen LogP contribution in [0.25, 0.3) is 0 Å². The van der Waals surface area contributed by atoms with Crippen LogP contribution in [0.2, 0.25) is 0 Å². The maximum atomic E-state index is 10.4. The van der Waals surface area contributed by atoms with Gasteiger partial charge in [0, 0.05) is 18.7 Å². The van der Waals surface area contributed by atoms with E-state index in [-0.39, 0.29) is 11.6 Å². The molecule has 216 valence electrons. The van der Waals surface area contributed by atoms with Crippen molar-refractivity contribution in [2.45, 2.75) is 50.6 Å². The second-order valence-electron chi connectivity index (χ2n) is 8.47. The number of rotatable bonds is 9. The molecule has 1 heterocycles. The Morgan fingerprint density at radius 1 is 0.949 bits per heavy atom. The molecule has 2 aromatic rings. The van der Waals surface area contributed by atoms with E-state index in [1.54, 1.807) is 18.2 Å². The van der Waals surface area contributed by atoms with Crippen molar-refractivity contribution >= 4 is 23.6 Å². The van der Waals surface area contributed by atoms with Gasteiger partial charge in [-0.05, 0) is 50.8 Å². The molecular weight excluding hydrogens is 506 g/mol. The minimum Gasteiger partial charge on any atom is -0.480 e. The van der Waals surface area contributed by atoms with Crippen molar-refractivity contribution in [3.8, 4) is 0 Å². The lowest BCUT2D eigenvalue weighted by molar-refractivity contribution is -0.384. The quantitative estimate of drug-likeness (QED) is 0.0737. The largest absolute Gasteiger partial charge is 0.480 e. The van der Waals surface area contributed by atoms with E-state index < -0.39 is 28.9 Å². The number of nitrogens with zero attached hydrogens (tertiary/aromatic N) is 1. The zero-order chi connectivity index (χ0) is 29.5. The van der Waals surface area contributed by atoms with Gasteiger partial charge in [-0.15, -0.1) is 0 Å². The Hall–Kier alpha value is -4.07. The molecule has 2 atom stereocenters. The van der Waals surface area contributed by atoms with Gasteiger partial charge in [0.15, 0.2) is 5.96 Å². The van der Waals surface area contributed by atoms with Crippen LogP contribution in [0, 0.1) is 15.5 Å². The molecule has 13 heteroatoms. The molecule has 2 unspecified atom stereocenters. The highest BCUT2D eigenvalue weighted by Crippen LogP contribution is 2.06. The number of piperidine rings is 1. The highest BCUT2D eigenvalue weighted by atomic mass is 16.6. The summed E-state index contributed by atoms with van der Waals surface area (Å²) in [6, 6.07) is 15.7. The Bertz CT molecular complexity index is 948. The van der Waals surface area contributed by atoms with Crippen LogP contribution in [0.4, 0.5) is 5.69 Å². The summed E-state index contributed by atoms with van der Waals surface area (Å²) >= 11 is 0. The fourth-order valence-electron chi connectivity index (χ4n) is 2.98. The Morgan fingerprint density at radius 2 is 1.46 bits per heavy atom. The zero-order valence-electron chi connectivity index (χ0n) is 22.0. The third kappa shape index (κ3) is 20.6. The number of nitrogens with two attached hydrogens (primary N) is 3. The van der Waals surface area contributed by atoms with Crippen molar-refractivity contribution in [2.24, 2.45) is 17.2 Å². The molecule has 1 aliphatic rings. The molecule has 2 aromatic carbocycles. The van der Waals surface area contributed by atoms with Crippen LogP contribution in [0.1, 0.15) is 37.7 Å². The fourth-order valence-corrected chi connectivity index (χ4v) is 2.98. The summed E-state index contributed by atoms with van der Waals surface area (Å²) in [5.74, 6) is -2.07. The molecule has 0 aromatic heterocycles. The Kier molecular flexibility index (Phi) is 19.7. The van der Waals surface area contributed by atoms with Crippen LogP contribution in [0.15, 0.2) is 60.7 Å². The van der Waals surface area contributed by atoms with Gasteiger partial charge in [-0.25, -0.2) is 0 Å². The first kappa shape index (κ1) is 34.9. The number of benzene rings is 2. The molecule has 0 amide bonds. The molecule has 1 fully saturated rings. The van der Waals surface area contributed by atoms with Gasteiger partial charge in [-0.2, -0.15) is 0 Å². The number of nitro benzene ring substituents is 1. The van der Waals surface area contributed by atoms with Crippen LogP contribution in [-0.2, 0) is 16.0 Å². The van der Waals surface area contributed by atoms with Gasteiger partial charge in [-0.3, -0.25) is 25.1 Å². The van der Waals surface area contributed by atoms with E-state index in [4.69, 9.17) is 32.8 Å². The van der Waals surface area contributed by atoms with Crippen molar-refractivity contribution < 1.29 is 24.7 Å². The van der Waals surface area contributed by atoms with Crippen molar-refractivity contribution in [1.29, 1.82) is 5.41 Å². The number of carbonyl (C=O) groups is 2. The number of hydrogen-bond donors (Lipinski definition) is 8. The van der Waals surface area contributed by atoms with Gasteiger partial charge >= 0.3 is 11.9 Å². The number of non-ortho nitro benzene ring substituents is 1. The van der Waals surface area contributed by atoms with E-state index >= 15 is 0 Å². The van der Waals surface area contributed by atoms with Crippen molar-refractivity contribution in [3.05, 3.63) is 76.3 Å². The van der Waals surface area contributed by atoms with Gasteiger partial charge < -0.3 is 38.0 Å². The van der Waals surface area contributed by atoms with Crippen molar-refractivity contribution in [3.63, 3.8) is 0 Å². The summed E-state index contributed by atoms with van der Waals surface area (Å²) in [6.45, 7) is 2.98. The third-order valence-corrected chi connectivity index (χ3v) is 5.11. The second kappa shape index (κ2) is 22.0. The van der Waals surface area contributed by atoms with E-state index in [0.29, 0.717) is 25.8 Å². The number of guanidine groups is 1. The van der Waals surface area contributed by atoms with Crippen LogP contribution >= 0.6 is 0 Å². The number of para-hydroxylation sites is 1. The molecule has 0 saturated carbocycles. The average Bonchev–Trinajstić information content (AvgIpc) is 2.94. The third-order valence-electron chi connectivity index (χ3n) is 5.11. The molecule has 0 bridgehead atoms. The predicted molar refractivity (Wildman–Crippen MR) is 150 cm³/mol. The van der Waals surface area contributed by atoms with Crippen LogP contribution in [-0.4, -0.2) is 64.8 Å². The molecule has 3 rings (SSSR count). The lowest BCUT2D eigenvalue weighted by Gasteiger charge is -2.08. The zero-order valence-corrected chi connectivity index (χ0v) is 22.0. The van der Waals surface area contributed by atoms with Gasteiger partial charge in [-0.1, -0.05) is 55.0 Å². The maximum absolute atomic E-state index is 10.4. The Morgan fingerprint density at radius 3 is 1.82 bits per heavy atom. The first-order chi connectivity index (χ1) is 18.5. The minimum atomic E-state index is -1.00. The van der Waals surface area contributed by atoms with Crippen molar-refractivity contribution in [2.75, 3.05) is 19.6 Å². The van der Waals surface area contributed by atoms with Gasteiger partial charge in [0.1, 0.15) is 12.1 Å². The smallest absolute Gasteiger partial charge is 0.320 e. The summed E-state index contributed by atoms with van der Waals surface area (Å²) in [5, 5.41) is 39.5. The van der Waals surface area contributed by atoms with Crippen LogP contribution < -0.4 is 27.8 Å². The average molecular weight is 548 g/mol. The summed E-state index contributed by atoms with van der Waals surface area (Å²) in [6.07, 6.45) is 5.58. The molecule has 1 aliphatic heterocycles. The van der Waals surface area contributed by atoms with E-state index in [9.17, 15) is 19.7 Å². The number of carboxylic acids is 2. The fraction of sp³-hybridized carbons (Fsp3) is 0.423. The molecule has 0 aliphatic carbocycles. The summed E-state index contributed by atoms with van der Waals surface area (Å²) in [5.41, 5.74) is 16.7. The maximum Gasteiger partial charge on any atom is 0.320 e. The lowest BCUT2D eigenvalue weighted by atomic mass is 10.1. The van der Waals surface area contributed by atoms with E-state index in [1.807, 2.05) is 30.3 Å². The molecule has 13 nitrogen and oxygen atoms in total. The monoisotopic (exact) mass is 547 g/mol. The molecule has 0 spiro atoms. The van der Waals surface area contributed by atoms with E-state index in [1.165, 1.54) is 44.5 Å². The number of aliphatic carboxylic acids is 2. The molecule has 39 heavy (non-hydrogen) atoms. The highest BCUT2D eigenvalue weighted by Gasteiger charge is 2.11. The molecule has 1 saturated heterocycles. The van der Waals surface area contributed by atoms with E-state index in [2.05, 4.69) is 10.6 Å². The normalized spacial score (nSPS) is 13.3. The SMILES string of the molecule is C1CCNCC1.N=C(N)NCCCC(N)C(=O)O.NC(Cc1ccccc1)C(=O)O.O=[N+]([O-])c1ccccc1. The van der Waals surface area contributed by atoms with Crippen LogP contribution in [0.5, 0.6) is 0 Å². The number of nitro groups is 1. The molecule has 0 radical (unpaired) electrons. The standard InChI is InChI=1S/C9H11NO2.C6H14N4O2.C6H5NO2.C5H11N/c10-8(9(11)12)6-7-4-2-1-3-5-7;7-4(5(11)12)2-1-3-10-6(8)9;8-7(9)6-4-2-1-3-5-6;1-2-4-6-5-3-1/h1-5,8H,6,10H2,(H,11,12);4H,1-3,7H2,(H,11,12)(H4,8,9,10);1-5H;6H,1-5H2. The van der Waals surface area contributed by atoms with Gasteiger partial charge in [0.05, 0.1) is 4.92 Å². The highest BCUT2D eigenvalue weighted by molar-refractivity contribution is 5.74. The summed E-state index contributed by atoms with van der Waals surface area (Å²) in [4.78, 5) is 30.2. The summed E-state index contributed by atoms with van der Waals surface area (Å²) < 4.78 is 0. The minimum absolute atomic E-state index is 0.112. The second-order valence-corrected chi connectivity index (χ2v) is 8.47. The first-order valence-electron chi connectivity index (χ1n) is 12.5. The topological polar surface area (TPSA) is 244 Å². The van der Waals surface area contributed by atoms with Gasteiger partial charge in [0.2, 0.25) is 0 Å². The molecular formula is C26H41N7O6. The van der Waals surface area contributed by atoms with E-state index in [0.717, 1.165) is 5.56 Å². The van der Waals surface area contributed by atoms with Crippen molar-refractivity contribution in [1.82, 2.24) is 10.6 Å². The first-order valence-corrected chi connectivity index (χ1v) is 12.5.